The van der Waals surface area contributed by atoms with Gasteiger partial charge in [0.15, 0.2) is 0 Å². The molecular formula is C16H25NO2. The first-order chi connectivity index (χ1) is 9.14. The first-order valence-electron chi connectivity index (χ1n) is 7.14. The van der Waals surface area contributed by atoms with E-state index in [1.807, 2.05) is 18.2 Å². The standard InChI is InChI=1S/C16H25NO2/c1-4-16(12-17(2)11-7-10-15(16)18)13-8-5-6-9-14(13)19-3/h5-6,8-9,15,18H,4,7,10-12H2,1-3H3. The highest BCUT2D eigenvalue weighted by Gasteiger charge is 2.42. The summed E-state index contributed by atoms with van der Waals surface area (Å²) >= 11 is 0. The molecule has 0 radical (unpaired) electrons. The lowest BCUT2D eigenvalue weighted by Gasteiger charge is -2.39. The van der Waals surface area contributed by atoms with Crippen LogP contribution in [0, 0.1) is 0 Å². The van der Waals surface area contributed by atoms with Crippen LogP contribution in [0.3, 0.4) is 0 Å². The Labute approximate surface area is 116 Å². The fourth-order valence-corrected chi connectivity index (χ4v) is 3.36. The van der Waals surface area contributed by atoms with E-state index in [-0.39, 0.29) is 11.5 Å². The maximum absolute atomic E-state index is 10.7. The first-order valence-corrected chi connectivity index (χ1v) is 7.14. The number of para-hydroxylation sites is 1. The highest BCUT2D eigenvalue weighted by molar-refractivity contribution is 5.41. The number of aliphatic hydroxyl groups is 1. The number of hydrogen-bond donors (Lipinski definition) is 1. The fourth-order valence-electron chi connectivity index (χ4n) is 3.36. The Morgan fingerprint density at radius 2 is 2.16 bits per heavy atom. The van der Waals surface area contributed by atoms with Crippen LogP contribution in [0.5, 0.6) is 5.75 Å². The van der Waals surface area contributed by atoms with Gasteiger partial charge in [0.1, 0.15) is 5.75 Å². The van der Waals surface area contributed by atoms with E-state index in [1.54, 1.807) is 7.11 Å². The summed E-state index contributed by atoms with van der Waals surface area (Å²) in [5, 5.41) is 10.7. The summed E-state index contributed by atoms with van der Waals surface area (Å²) in [6, 6.07) is 8.11. The largest absolute Gasteiger partial charge is 0.496 e. The third-order valence-electron chi connectivity index (χ3n) is 4.48. The predicted molar refractivity (Wildman–Crippen MR) is 77.7 cm³/mol. The van der Waals surface area contributed by atoms with Gasteiger partial charge in [0.05, 0.1) is 13.2 Å². The lowest BCUT2D eigenvalue weighted by molar-refractivity contribution is 0.0637. The number of hydrogen-bond acceptors (Lipinski definition) is 3. The van der Waals surface area contributed by atoms with Gasteiger partial charge in [-0.25, -0.2) is 0 Å². The average Bonchev–Trinajstić information content (AvgIpc) is 2.58. The van der Waals surface area contributed by atoms with Crippen molar-refractivity contribution in [3.63, 3.8) is 0 Å². The Kier molecular flexibility index (Phi) is 4.48. The molecule has 2 atom stereocenters. The van der Waals surface area contributed by atoms with Crippen LogP contribution in [0.2, 0.25) is 0 Å². The van der Waals surface area contributed by atoms with Crippen LogP contribution in [0.25, 0.3) is 0 Å². The Morgan fingerprint density at radius 1 is 1.42 bits per heavy atom. The number of likely N-dealkylation sites (tertiary alicyclic amines) is 1. The average molecular weight is 263 g/mol. The minimum absolute atomic E-state index is 0.224. The zero-order valence-electron chi connectivity index (χ0n) is 12.2. The van der Waals surface area contributed by atoms with E-state index >= 15 is 0 Å². The highest BCUT2D eigenvalue weighted by atomic mass is 16.5. The quantitative estimate of drug-likeness (QED) is 0.909. The van der Waals surface area contributed by atoms with Gasteiger partial charge < -0.3 is 14.7 Å². The summed E-state index contributed by atoms with van der Waals surface area (Å²) in [6.07, 6.45) is 2.52. The molecule has 0 aromatic heterocycles. The van der Waals surface area contributed by atoms with Crippen molar-refractivity contribution in [3.8, 4) is 5.75 Å². The number of methoxy groups -OCH3 is 1. The van der Waals surface area contributed by atoms with Gasteiger partial charge in [0.25, 0.3) is 0 Å². The van der Waals surface area contributed by atoms with Crippen molar-refractivity contribution in [3.05, 3.63) is 29.8 Å². The maximum atomic E-state index is 10.7. The van der Waals surface area contributed by atoms with Gasteiger partial charge in [-0.3, -0.25) is 0 Å². The van der Waals surface area contributed by atoms with E-state index < -0.39 is 0 Å². The van der Waals surface area contributed by atoms with Gasteiger partial charge in [-0.15, -0.1) is 0 Å². The smallest absolute Gasteiger partial charge is 0.122 e. The second-order valence-electron chi connectivity index (χ2n) is 5.61. The van der Waals surface area contributed by atoms with Gasteiger partial charge in [0, 0.05) is 17.5 Å². The van der Waals surface area contributed by atoms with Crippen LogP contribution in [0.15, 0.2) is 24.3 Å². The van der Waals surface area contributed by atoms with Crippen LogP contribution in [0.1, 0.15) is 31.7 Å². The topological polar surface area (TPSA) is 32.7 Å². The van der Waals surface area contributed by atoms with Crippen LogP contribution in [-0.4, -0.2) is 43.4 Å². The summed E-state index contributed by atoms with van der Waals surface area (Å²) in [6.45, 7) is 4.09. The number of likely N-dealkylation sites (N-methyl/N-ethyl adjacent to an activating group) is 1. The second-order valence-corrected chi connectivity index (χ2v) is 5.61. The molecule has 3 heteroatoms. The maximum Gasteiger partial charge on any atom is 0.122 e. The monoisotopic (exact) mass is 263 g/mol. The number of rotatable bonds is 3. The van der Waals surface area contributed by atoms with Gasteiger partial charge in [-0.2, -0.15) is 0 Å². The number of nitrogens with zero attached hydrogens (tertiary/aromatic N) is 1. The molecule has 1 fully saturated rings. The molecule has 1 aromatic rings. The molecule has 1 N–H and O–H groups in total. The Morgan fingerprint density at radius 3 is 2.84 bits per heavy atom. The summed E-state index contributed by atoms with van der Waals surface area (Å²) in [7, 11) is 3.84. The van der Waals surface area contributed by atoms with Crippen molar-refractivity contribution < 1.29 is 9.84 Å². The molecule has 1 aliphatic heterocycles. The van der Waals surface area contributed by atoms with Crippen molar-refractivity contribution in [1.29, 1.82) is 0 Å². The summed E-state index contributed by atoms with van der Waals surface area (Å²) in [5.74, 6) is 0.888. The lowest BCUT2D eigenvalue weighted by Crippen LogP contribution is -2.45. The summed E-state index contributed by atoms with van der Waals surface area (Å²) < 4.78 is 5.52. The van der Waals surface area contributed by atoms with Crippen LogP contribution in [0.4, 0.5) is 0 Å². The molecule has 19 heavy (non-hydrogen) atoms. The highest BCUT2D eigenvalue weighted by Crippen LogP contribution is 2.40. The van der Waals surface area contributed by atoms with Crippen molar-refractivity contribution in [2.24, 2.45) is 0 Å². The SMILES string of the molecule is CCC1(c2ccccc2OC)CN(C)CCCC1O. The molecule has 2 unspecified atom stereocenters. The molecule has 0 saturated carbocycles. The molecule has 0 bridgehead atoms. The summed E-state index contributed by atoms with van der Waals surface area (Å²) in [5.41, 5.74) is 0.916. The molecule has 1 aliphatic rings. The van der Waals surface area contributed by atoms with Gasteiger partial charge >= 0.3 is 0 Å². The van der Waals surface area contributed by atoms with Gasteiger partial charge in [-0.1, -0.05) is 25.1 Å². The van der Waals surface area contributed by atoms with Crippen LogP contribution >= 0.6 is 0 Å². The van der Waals surface area contributed by atoms with E-state index in [9.17, 15) is 5.11 Å². The molecule has 3 nitrogen and oxygen atoms in total. The molecule has 0 aliphatic carbocycles. The van der Waals surface area contributed by atoms with Crippen molar-refractivity contribution >= 4 is 0 Å². The van der Waals surface area contributed by atoms with Crippen LogP contribution < -0.4 is 4.74 Å². The Hall–Kier alpha value is -1.06. The van der Waals surface area contributed by atoms with Crippen molar-refractivity contribution in [1.82, 2.24) is 4.90 Å². The minimum Gasteiger partial charge on any atom is -0.496 e. The molecule has 106 valence electrons. The third kappa shape index (κ3) is 2.63. The van der Waals surface area contributed by atoms with Crippen LogP contribution in [-0.2, 0) is 5.41 Å². The van der Waals surface area contributed by atoms with E-state index in [1.165, 1.54) is 0 Å². The second kappa shape index (κ2) is 5.93. The van der Waals surface area contributed by atoms with E-state index in [0.29, 0.717) is 0 Å². The van der Waals surface area contributed by atoms with E-state index in [0.717, 1.165) is 43.7 Å². The Balaban J connectivity index is 2.49. The van der Waals surface area contributed by atoms with E-state index in [4.69, 9.17) is 4.74 Å². The fraction of sp³-hybridized carbons (Fsp3) is 0.625. The first kappa shape index (κ1) is 14.4. The van der Waals surface area contributed by atoms with Crippen molar-refractivity contribution in [2.45, 2.75) is 37.7 Å². The Bertz CT molecular complexity index is 421. The molecule has 0 spiro atoms. The molecule has 0 amide bonds. The molecule has 1 aromatic carbocycles. The van der Waals surface area contributed by atoms with Gasteiger partial charge in [-0.05, 0) is 38.9 Å². The molecular weight excluding hydrogens is 238 g/mol. The summed E-state index contributed by atoms with van der Waals surface area (Å²) in [4.78, 5) is 2.33. The molecule has 1 saturated heterocycles. The van der Waals surface area contributed by atoms with E-state index in [2.05, 4.69) is 24.9 Å². The molecule has 1 heterocycles. The predicted octanol–water partition coefficient (Wildman–Crippen LogP) is 2.43. The van der Waals surface area contributed by atoms with Crippen molar-refractivity contribution in [2.75, 3.05) is 27.2 Å². The molecule has 2 rings (SSSR count). The lowest BCUT2D eigenvalue weighted by atomic mass is 9.72. The number of ether oxygens (including phenoxy) is 1. The number of benzene rings is 1. The number of aliphatic hydroxyl groups excluding tert-OH is 1. The zero-order valence-corrected chi connectivity index (χ0v) is 12.2. The zero-order chi connectivity index (χ0) is 13.9. The minimum atomic E-state index is -0.307. The van der Waals surface area contributed by atoms with Gasteiger partial charge in [0.2, 0.25) is 0 Å². The third-order valence-corrected chi connectivity index (χ3v) is 4.48. The normalized spacial score (nSPS) is 28.9.